The van der Waals surface area contributed by atoms with Crippen LogP contribution < -0.4 is 5.73 Å². The maximum absolute atomic E-state index is 12.1. The second kappa shape index (κ2) is 4.11. The predicted molar refractivity (Wildman–Crippen MR) is 61.3 cm³/mol. The zero-order valence-corrected chi connectivity index (χ0v) is 9.39. The van der Waals surface area contributed by atoms with Crippen LogP contribution in [0.2, 0.25) is 0 Å². The van der Waals surface area contributed by atoms with Gasteiger partial charge in [0.05, 0.1) is 4.90 Å². The van der Waals surface area contributed by atoms with Gasteiger partial charge in [0.25, 0.3) is 10.0 Å². The molecule has 84 valence electrons. The third-order valence-electron chi connectivity index (χ3n) is 2.28. The zero-order valence-electron chi connectivity index (χ0n) is 8.58. The van der Waals surface area contributed by atoms with Crippen molar-refractivity contribution in [2.45, 2.75) is 11.4 Å². The number of benzene rings is 1. The molecule has 0 bridgehead atoms. The molecule has 0 fully saturated rings. The molecule has 16 heavy (non-hydrogen) atoms. The topological polar surface area (TPSA) is 65.1 Å². The van der Waals surface area contributed by atoms with Gasteiger partial charge in [0.2, 0.25) is 0 Å². The number of nitrogens with two attached hydrogens (primary N) is 1. The monoisotopic (exact) mass is 236 g/mol. The highest BCUT2D eigenvalue weighted by Gasteiger charge is 2.15. The molecule has 0 amide bonds. The Balaban J connectivity index is 2.47. The second-order valence-corrected chi connectivity index (χ2v) is 5.22. The molecule has 0 aliphatic heterocycles. The normalized spacial score (nSPS) is 11.6. The van der Waals surface area contributed by atoms with E-state index in [1.54, 1.807) is 36.4 Å². The fraction of sp³-hybridized carbons (Fsp3) is 0.0909. The first kappa shape index (κ1) is 10.9. The molecule has 1 aromatic heterocycles. The summed E-state index contributed by atoms with van der Waals surface area (Å²) in [7, 11) is -3.47. The summed E-state index contributed by atoms with van der Waals surface area (Å²) in [6.45, 7) is 0.331. The lowest BCUT2D eigenvalue weighted by molar-refractivity contribution is 0.587. The maximum atomic E-state index is 12.1. The number of rotatable bonds is 3. The Kier molecular flexibility index (Phi) is 2.80. The lowest BCUT2D eigenvalue weighted by atomic mass is 10.4. The molecule has 0 aliphatic rings. The summed E-state index contributed by atoms with van der Waals surface area (Å²) in [4.78, 5) is 0.272. The molecule has 4 nitrogen and oxygen atoms in total. The number of nitrogens with zero attached hydrogens (tertiary/aromatic N) is 1. The summed E-state index contributed by atoms with van der Waals surface area (Å²) < 4.78 is 25.4. The molecule has 0 spiro atoms. The SMILES string of the molecule is NCc1ccn(S(=O)(=O)c2ccccc2)c1. The standard InChI is InChI=1S/C11H12N2O2S/c12-8-10-6-7-13(9-10)16(14,15)11-4-2-1-3-5-11/h1-7,9H,8,12H2. The summed E-state index contributed by atoms with van der Waals surface area (Å²) in [5.74, 6) is 0. The van der Waals surface area contributed by atoms with Gasteiger partial charge in [0.15, 0.2) is 0 Å². The first-order chi connectivity index (χ1) is 7.64. The molecular formula is C11H12N2O2S. The average molecular weight is 236 g/mol. The highest BCUT2D eigenvalue weighted by atomic mass is 32.2. The van der Waals surface area contributed by atoms with Gasteiger partial charge >= 0.3 is 0 Å². The van der Waals surface area contributed by atoms with Crippen LogP contribution in [0.3, 0.4) is 0 Å². The summed E-state index contributed by atoms with van der Waals surface area (Å²) in [6, 6.07) is 10.00. The lowest BCUT2D eigenvalue weighted by Gasteiger charge is -2.04. The quantitative estimate of drug-likeness (QED) is 0.870. The van der Waals surface area contributed by atoms with Crippen LogP contribution in [0.25, 0.3) is 0 Å². The van der Waals surface area contributed by atoms with E-state index < -0.39 is 10.0 Å². The molecule has 5 heteroatoms. The van der Waals surface area contributed by atoms with E-state index in [-0.39, 0.29) is 4.90 Å². The van der Waals surface area contributed by atoms with Gasteiger partial charge in [-0.2, -0.15) is 0 Å². The fourth-order valence-corrected chi connectivity index (χ4v) is 2.64. The summed E-state index contributed by atoms with van der Waals surface area (Å²) >= 11 is 0. The largest absolute Gasteiger partial charge is 0.326 e. The van der Waals surface area contributed by atoms with Crippen LogP contribution in [0.4, 0.5) is 0 Å². The molecule has 2 N–H and O–H groups in total. The van der Waals surface area contributed by atoms with Crippen LogP contribution in [0.5, 0.6) is 0 Å². The third-order valence-corrected chi connectivity index (χ3v) is 3.93. The third kappa shape index (κ3) is 1.87. The van der Waals surface area contributed by atoms with E-state index in [0.717, 1.165) is 5.56 Å². The molecule has 0 radical (unpaired) electrons. The molecule has 0 saturated carbocycles. The van der Waals surface area contributed by atoms with Crippen molar-refractivity contribution in [3.63, 3.8) is 0 Å². The Hall–Kier alpha value is -1.59. The van der Waals surface area contributed by atoms with Crippen molar-refractivity contribution < 1.29 is 8.42 Å². The molecule has 0 aliphatic carbocycles. The van der Waals surface area contributed by atoms with Crippen molar-refractivity contribution in [2.75, 3.05) is 0 Å². The fourth-order valence-electron chi connectivity index (χ4n) is 1.40. The van der Waals surface area contributed by atoms with Crippen molar-refractivity contribution in [2.24, 2.45) is 5.73 Å². The Labute approximate surface area is 94.4 Å². The van der Waals surface area contributed by atoms with E-state index in [1.807, 2.05) is 0 Å². The maximum Gasteiger partial charge on any atom is 0.267 e. The van der Waals surface area contributed by atoms with Crippen molar-refractivity contribution in [3.05, 3.63) is 54.4 Å². The minimum absolute atomic E-state index is 0.272. The molecule has 2 aromatic rings. The van der Waals surface area contributed by atoms with Crippen molar-refractivity contribution in [1.29, 1.82) is 0 Å². The Morgan fingerprint density at radius 3 is 2.38 bits per heavy atom. The molecule has 0 atom stereocenters. The van der Waals surface area contributed by atoms with Crippen molar-refractivity contribution in [3.8, 4) is 0 Å². The Bertz CT molecular complexity index is 573. The van der Waals surface area contributed by atoms with E-state index in [1.165, 1.54) is 16.4 Å². The molecule has 1 heterocycles. The molecule has 1 aromatic carbocycles. The predicted octanol–water partition coefficient (Wildman–Crippen LogP) is 1.18. The van der Waals surface area contributed by atoms with E-state index >= 15 is 0 Å². The van der Waals surface area contributed by atoms with Crippen LogP contribution in [0, 0.1) is 0 Å². The van der Waals surface area contributed by atoms with Crippen molar-refractivity contribution in [1.82, 2.24) is 3.97 Å². The Morgan fingerprint density at radius 2 is 1.81 bits per heavy atom. The smallest absolute Gasteiger partial charge is 0.267 e. The van der Waals surface area contributed by atoms with Crippen LogP contribution in [-0.2, 0) is 16.6 Å². The first-order valence-electron chi connectivity index (χ1n) is 4.82. The van der Waals surface area contributed by atoms with Crippen LogP contribution in [0.15, 0.2) is 53.7 Å². The van der Waals surface area contributed by atoms with E-state index in [0.29, 0.717) is 6.54 Å². The Morgan fingerprint density at radius 1 is 1.12 bits per heavy atom. The van der Waals surface area contributed by atoms with Gasteiger partial charge in [-0.3, -0.25) is 0 Å². The molecule has 2 rings (SSSR count). The number of aromatic nitrogens is 1. The van der Waals surface area contributed by atoms with Gasteiger partial charge in [-0.15, -0.1) is 0 Å². The van der Waals surface area contributed by atoms with E-state index in [2.05, 4.69) is 0 Å². The van der Waals surface area contributed by atoms with Gasteiger partial charge < -0.3 is 5.73 Å². The average Bonchev–Trinajstić information content (AvgIpc) is 2.79. The zero-order chi connectivity index (χ0) is 11.6. The van der Waals surface area contributed by atoms with Gasteiger partial charge in [0.1, 0.15) is 0 Å². The highest BCUT2D eigenvalue weighted by Crippen LogP contribution is 2.14. The molecule has 0 unspecified atom stereocenters. The summed E-state index contributed by atoms with van der Waals surface area (Å²) in [5.41, 5.74) is 6.23. The molecule has 0 saturated heterocycles. The lowest BCUT2D eigenvalue weighted by Crippen LogP contribution is -2.10. The van der Waals surface area contributed by atoms with E-state index in [4.69, 9.17) is 5.73 Å². The number of hydrogen-bond acceptors (Lipinski definition) is 3. The van der Waals surface area contributed by atoms with Gasteiger partial charge in [-0.1, -0.05) is 18.2 Å². The molecular weight excluding hydrogens is 224 g/mol. The van der Waals surface area contributed by atoms with Crippen LogP contribution in [-0.4, -0.2) is 12.4 Å². The second-order valence-electron chi connectivity index (χ2n) is 3.37. The van der Waals surface area contributed by atoms with Crippen LogP contribution >= 0.6 is 0 Å². The van der Waals surface area contributed by atoms with Crippen molar-refractivity contribution >= 4 is 10.0 Å². The van der Waals surface area contributed by atoms with Gasteiger partial charge in [0, 0.05) is 18.9 Å². The minimum Gasteiger partial charge on any atom is -0.326 e. The summed E-state index contributed by atoms with van der Waals surface area (Å²) in [5, 5.41) is 0. The summed E-state index contributed by atoms with van der Waals surface area (Å²) in [6.07, 6.45) is 3.03. The van der Waals surface area contributed by atoms with E-state index in [9.17, 15) is 8.42 Å². The highest BCUT2D eigenvalue weighted by molar-refractivity contribution is 7.90. The number of hydrogen-bond donors (Lipinski definition) is 1. The van der Waals surface area contributed by atoms with Crippen LogP contribution in [0.1, 0.15) is 5.56 Å². The van der Waals surface area contributed by atoms with Gasteiger partial charge in [-0.25, -0.2) is 12.4 Å². The first-order valence-corrected chi connectivity index (χ1v) is 6.26. The van der Waals surface area contributed by atoms with Gasteiger partial charge in [-0.05, 0) is 23.8 Å². The minimum atomic E-state index is -3.47.